The zero-order chi connectivity index (χ0) is 9.52. The lowest BCUT2D eigenvalue weighted by Crippen LogP contribution is -2.15. The molecule has 1 aromatic heterocycles. The molecule has 0 amide bonds. The first-order valence-electron chi connectivity index (χ1n) is 4.69. The van der Waals surface area contributed by atoms with Gasteiger partial charge < -0.3 is 14.8 Å². The van der Waals surface area contributed by atoms with Crippen molar-refractivity contribution >= 4 is 0 Å². The van der Waals surface area contributed by atoms with Gasteiger partial charge in [0.15, 0.2) is 0 Å². The minimum Gasteiger partial charge on any atom is -0.472 e. The molecule has 1 unspecified atom stereocenters. The average molecular weight is 183 g/mol. The summed E-state index contributed by atoms with van der Waals surface area (Å²) in [5.41, 5.74) is 1.16. The summed E-state index contributed by atoms with van der Waals surface area (Å²) in [7, 11) is 0. The summed E-state index contributed by atoms with van der Waals surface area (Å²) in [5.74, 6) is 0. The van der Waals surface area contributed by atoms with Crippen molar-refractivity contribution in [2.75, 3.05) is 6.54 Å². The molecule has 3 heteroatoms. The van der Waals surface area contributed by atoms with E-state index < -0.39 is 0 Å². The molecule has 1 heterocycles. The number of hydrogen-bond donors (Lipinski definition) is 2. The molecule has 2 N–H and O–H groups in total. The summed E-state index contributed by atoms with van der Waals surface area (Å²) in [6.07, 6.45) is 5.10. The predicted octanol–water partition coefficient (Wildman–Crippen LogP) is 1.53. The van der Waals surface area contributed by atoms with Crippen LogP contribution in [0.5, 0.6) is 0 Å². The highest BCUT2D eigenvalue weighted by atomic mass is 16.3. The summed E-state index contributed by atoms with van der Waals surface area (Å²) in [4.78, 5) is 0. The monoisotopic (exact) mass is 183 g/mol. The third-order valence-corrected chi connectivity index (χ3v) is 1.88. The Morgan fingerprint density at radius 2 is 2.46 bits per heavy atom. The van der Waals surface area contributed by atoms with Gasteiger partial charge >= 0.3 is 0 Å². The fourth-order valence-electron chi connectivity index (χ4n) is 1.15. The third kappa shape index (κ3) is 4.70. The van der Waals surface area contributed by atoms with Gasteiger partial charge in [0.05, 0.1) is 18.6 Å². The van der Waals surface area contributed by atoms with Gasteiger partial charge in [-0.1, -0.05) is 0 Å². The van der Waals surface area contributed by atoms with Crippen molar-refractivity contribution < 1.29 is 9.52 Å². The third-order valence-electron chi connectivity index (χ3n) is 1.88. The van der Waals surface area contributed by atoms with Crippen LogP contribution in [0.1, 0.15) is 25.3 Å². The van der Waals surface area contributed by atoms with Crippen LogP contribution in [-0.4, -0.2) is 17.8 Å². The molecule has 0 aliphatic carbocycles. The van der Waals surface area contributed by atoms with E-state index in [1.807, 2.05) is 13.0 Å². The zero-order valence-corrected chi connectivity index (χ0v) is 7.99. The van der Waals surface area contributed by atoms with Crippen molar-refractivity contribution in [3.63, 3.8) is 0 Å². The molecule has 0 fully saturated rings. The smallest absolute Gasteiger partial charge is 0.0947 e. The van der Waals surface area contributed by atoms with E-state index >= 15 is 0 Å². The summed E-state index contributed by atoms with van der Waals surface area (Å²) in [6.45, 7) is 3.60. The molecular weight excluding hydrogens is 166 g/mol. The highest BCUT2D eigenvalue weighted by Gasteiger charge is 1.96. The van der Waals surface area contributed by atoms with Crippen LogP contribution >= 0.6 is 0 Å². The normalized spacial score (nSPS) is 13.1. The Balaban J connectivity index is 1.96. The van der Waals surface area contributed by atoms with E-state index in [9.17, 15) is 0 Å². The van der Waals surface area contributed by atoms with Gasteiger partial charge in [-0.05, 0) is 32.4 Å². The quantitative estimate of drug-likeness (QED) is 0.657. The first-order valence-corrected chi connectivity index (χ1v) is 4.69. The maximum Gasteiger partial charge on any atom is 0.0947 e. The Bertz CT molecular complexity index is 207. The van der Waals surface area contributed by atoms with Gasteiger partial charge in [-0.15, -0.1) is 0 Å². The van der Waals surface area contributed by atoms with Crippen molar-refractivity contribution in [3.05, 3.63) is 24.2 Å². The maximum atomic E-state index is 8.99. The molecule has 13 heavy (non-hydrogen) atoms. The van der Waals surface area contributed by atoms with Gasteiger partial charge in [0.1, 0.15) is 0 Å². The van der Waals surface area contributed by atoms with E-state index in [0.29, 0.717) is 0 Å². The van der Waals surface area contributed by atoms with Crippen LogP contribution in [-0.2, 0) is 6.54 Å². The molecule has 0 aromatic carbocycles. The molecule has 0 saturated heterocycles. The van der Waals surface area contributed by atoms with Crippen LogP contribution in [0.15, 0.2) is 23.0 Å². The summed E-state index contributed by atoms with van der Waals surface area (Å²) in [6, 6.07) is 1.95. The lowest BCUT2D eigenvalue weighted by atomic mass is 10.2. The average Bonchev–Trinajstić information content (AvgIpc) is 2.55. The largest absolute Gasteiger partial charge is 0.472 e. The summed E-state index contributed by atoms with van der Waals surface area (Å²) >= 11 is 0. The Hall–Kier alpha value is -0.800. The Labute approximate surface area is 78.8 Å². The number of aliphatic hydroxyl groups is 1. The molecule has 0 aliphatic rings. The lowest BCUT2D eigenvalue weighted by molar-refractivity contribution is 0.181. The van der Waals surface area contributed by atoms with E-state index in [4.69, 9.17) is 9.52 Å². The highest BCUT2D eigenvalue weighted by Crippen LogP contribution is 1.99. The van der Waals surface area contributed by atoms with Crippen molar-refractivity contribution in [1.82, 2.24) is 5.32 Å². The second-order valence-corrected chi connectivity index (χ2v) is 3.30. The number of aliphatic hydroxyl groups excluding tert-OH is 1. The van der Waals surface area contributed by atoms with Crippen LogP contribution in [0.3, 0.4) is 0 Å². The van der Waals surface area contributed by atoms with E-state index in [-0.39, 0.29) is 6.10 Å². The van der Waals surface area contributed by atoms with Gasteiger partial charge in [0, 0.05) is 12.1 Å². The Morgan fingerprint density at radius 3 is 3.08 bits per heavy atom. The molecule has 0 radical (unpaired) electrons. The highest BCUT2D eigenvalue weighted by molar-refractivity contribution is 5.04. The van der Waals surface area contributed by atoms with Gasteiger partial charge in [-0.3, -0.25) is 0 Å². The topological polar surface area (TPSA) is 45.4 Å². The molecule has 0 bridgehead atoms. The van der Waals surface area contributed by atoms with Crippen molar-refractivity contribution in [2.45, 2.75) is 32.4 Å². The van der Waals surface area contributed by atoms with Crippen LogP contribution in [0.2, 0.25) is 0 Å². The van der Waals surface area contributed by atoms with Crippen molar-refractivity contribution in [2.24, 2.45) is 0 Å². The summed E-state index contributed by atoms with van der Waals surface area (Å²) in [5, 5.41) is 12.3. The number of hydrogen-bond acceptors (Lipinski definition) is 3. The first-order chi connectivity index (χ1) is 6.29. The second kappa shape index (κ2) is 5.78. The maximum absolute atomic E-state index is 8.99. The van der Waals surface area contributed by atoms with Crippen LogP contribution in [0.25, 0.3) is 0 Å². The van der Waals surface area contributed by atoms with Crippen LogP contribution in [0, 0.1) is 0 Å². The minimum absolute atomic E-state index is 0.185. The molecule has 3 nitrogen and oxygen atoms in total. The van der Waals surface area contributed by atoms with E-state index in [1.165, 1.54) is 0 Å². The fourth-order valence-corrected chi connectivity index (χ4v) is 1.15. The SMILES string of the molecule is CC(O)CCCNCc1ccoc1. The number of furan rings is 1. The van der Waals surface area contributed by atoms with Gasteiger partial charge in [-0.2, -0.15) is 0 Å². The standard InChI is InChI=1S/C10H17NO2/c1-9(12)3-2-5-11-7-10-4-6-13-8-10/h4,6,8-9,11-12H,2-3,5,7H2,1H3. The molecule has 0 saturated carbocycles. The fraction of sp³-hybridized carbons (Fsp3) is 0.600. The molecule has 1 rings (SSSR count). The molecule has 0 spiro atoms. The zero-order valence-electron chi connectivity index (χ0n) is 7.99. The van der Waals surface area contributed by atoms with Crippen LogP contribution in [0.4, 0.5) is 0 Å². The molecule has 74 valence electrons. The first kappa shape index (κ1) is 10.3. The molecule has 1 atom stereocenters. The van der Waals surface area contributed by atoms with Gasteiger partial charge in [-0.25, -0.2) is 0 Å². The Kier molecular flexibility index (Phi) is 4.57. The number of nitrogens with one attached hydrogen (secondary N) is 1. The second-order valence-electron chi connectivity index (χ2n) is 3.30. The number of rotatable bonds is 6. The molecular formula is C10H17NO2. The summed E-state index contributed by atoms with van der Waals surface area (Å²) < 4.78 is 4.93. The van der Waals surface area contributed by atoms with E-state index in [1.54, 1.807) is 12.5 Å². The molecule has 0 aliphatic heterocycles. The Morgan fingerprint density at radius 1 is 1.62 bits per heavy atom. The lowest BCUT2D eigenvalue weighted by Gasteiger charge is -2.04. The minimum atomic E-state index is -0.185. The van der Waals surface area contributed by atoms with Gasteiger partial charge in [0.25, 0.3) is 0 Å². The van der Waals surface area contributed by atoms with Gasteiger partial charge in [0.2, 0.25) is 0 Å². The van der Waals surface area contributed by atoms with Crippen LogP contribution < -0.4 is 5.32 Å². The van der Waals surface area contributed by atoms with Crippen molar-refractivity contribution in [3.8, 4) is 0 Å². The van der Waals surface area contributed by atoms with Crippen molar-refractivity contribution in [1.29, 1.82) is 0 Å². The molecule has 1 aromatic rings. The van der Waals surface area contributed by atoms with E-state index in [0.717, 1.165) is 31.5 Å². The predicted molar refractivity (Wildman–Crippen MR) is 51.3 cm³/mol. The van der Waals surface area contributed by atoms with E-state index in [2.05, 4.69) is 5.32 Å².